The fraction of sp³-hybridized carbons (Fsp3) is 0.527. The van der Waals surface area contributed by atoms with Crippen LogP contribution in [0.15, 0.2) is 54.6 Å². The molecule has 2 aliphatic rings. The summed E-state index contributed by atoms with van der Waals surface area (Å²) in [5.41, 5.74) is 0.838. The van der Waals surface area contributed by atoms with E-state index in [0.29, 0.717) is 45.3 Å². The number of carboxylic acids is 6. The maximum Gasteiger partial charge on any atom is 0.326 e. The molecular formula is C55H73N9O16. The molecule has 1 heterocycles. The van der Waals surface area contributed by atoms with Crippen LogP contribution in [0.2, 0.25) is 0 Å². The van der Waals surface area contributed by atoms with E-state index in [1.165, 1.54) is 0 Å². The van der Waals surface area contributed by atoms with Crippen molar-refractivity contribution in [2.45, 2.75) is 82.3 Å². The van der Waals surface area contributed by atoms with Crippen molar-refractivity contribution in [3.8, 4) is 0 Å². The van der Waals surface area contributed by atoms with Crippen LogP contribution in [0.3, 0.4) is 0 Å². The molecule has 3 atom stereocenters. The molecule has 0 radical (unpaired) electrons. The van der Waals surface area contributed by atoms with E-state index in [1.54, 1.807) is 14.7 Å². The van der Waals surface area contributed by atoms with Gasteiger partial charge in [0.1, 0.15) is 18.1 Å². The number of hydrogen-bond donors (Lipinski definition) is 11. The van der Waals surface area contributed by atoms with Crippen LogP contribution in [0, 0.1) is 11.8 Å². The number of unbranched alkanes of at least 4 members (excludes halogenated alkanes) is 1. The Bertz CT molecular complexity index is 2790. The van der Waals surface area contributed by atoms with Gasteiger partial charge >= 0.3 is 41.8 Å². The molecule has 6 rings (SSSR count). The van der Waals surface area contributed by atoms with E-state index in [4.69, 9.17) is 5.11 Å². The van der Waals surface area contributed by atoms with Gasteiger partial charge in [-0.15, -0.1) is 0 Å². The first-order valence-corrected chi connectivity index (χ1v) is 27.0. The average molecular weight is 1120 g/mol. The highest BCUT2D eigenvalue weighted by Crippen LogP contribution is 2.36. The summed E-state index contributed by atoms with van der Waals surface area (Å²) in [6.45, 7) is 1.67. The molecule has 4 aromatic rings. The molecule has 0 aromatic heterocycles. The molecule has 5 amide bonds. The van der Waals surface area contributed by atoms with Gasteiger partial charge in [0.25, 0.3) is 0 Å². The van der Waals surface area contributed by atoms with Gasteiger partial charge in [0, 0.05) is 84.2 Å². The summed E-state index contributed by atoms with van der Waals surface area (Å²) >= 11 is 0. The van der Waals surface area contributed by atoms with E-state index in [0.717, 1.165) is 37.9 Å². The van der Waals surface area contributed by atoms with E-state index in [9.17, 15) is 73.5 Å². The van der Waals surface area contributed by atoms with Crippen LogP contribution in [0.5, 0.6) is 0 Å². The monoisotopic (exact) mass is 1120 g/mol. The Labute approximate surface area is 461 Å². The normalized spacial score (nSPS) is 18.4. The lowest BCUT2D eigenvalue weighted by Crippen LogP contribution is -2.51. The Hall–Kier alpha value is -7.74. The number of rotatable bonds is 27. The number of aliphatic carboxylic acids is 6. The maximum absolute atomic E-state index is 14.2. The third kappa shape index (κ3) is 19.0. The van der Waals surface area contributed by atoms with Crippen molar-refractivity contribution < 1.29 is 78.6 Å². The summed E-state index contributed by atoms with van der Waals surface area (Å²) in [6.07, 6.45) is 1.81. The molecule has 0 unspecified atom stereocenters. The van der Waals surface area contributed by atoms with E-state index in [1.807, 2.05) is 53.4 Å². The van der Waals surface area contributed by atoms with Gasteiger partial charge in [-0.2, -0.15) is 0 Å². The fourth-order valence-corrected chi connectivity index (χ4v) is 10.6. The van der Waals surface area contributed by atoms with E-state index in [2.05, 4.69) is 32.7 Å². The van der Waals surface area contributed by atoms with Crippen molar-refractivity contribution in [1.82, 2.24) is 46.2 Å². The number of carbonyl (C=O) groups is 10. The van der Waals surface area contributed by atoms with Gasteiger partial charge in [-0.05, 0) is 95.2 Å². The van der Waals surface area contributed by atoms with Crippen molar-refractivity contribution in [2.24, 2.45) is 11.8 Å². The molecule has 80 heavy (non-hydrogen) atoms. The average Bonchev–Trinajstić information content (AvgIpc) is 3.40. The summed E-state index contributed by atoms with van der Waals surface area (Å²) in [6, 6.07) is 13.1. The lowest BCUT2D eigenvalue weighted by atomic mass is 9.81. The van der Waals surface area contributed by atoms with Gasteiger partial charge in [0.15, 0.2) is 0 Å². The first-order valence-electron chi connectivity index (χ1n) is 27.0. The van der Waals surface area contributed by atoms with Crippen LogP contribution in [0.25, 0.3) is 32.3 Å². The number of urea groups is 1. The second-order valence-electron chi connectivity index (χ2n) is 20.8. The molecule has 0 bridgehead atoms. The Balaban J connectivity index is 1.05. The fourth-order valence-electron chi connectivity index (χ4n) is 10.6. The zero-order valence-electron chi connectivity index (χ0n) is 44.6. The minimum Gasteiger partial charge on any atom is -0.481 e. The highest BCUT2D eigenvalue weighted by Gasteiger charge is 2.31. The lowest BCUT2D eigenvalue weighted by Gasteiger charge is -2.33. The van der Waals surface area contributed by atoms with E-state index in [-0.39, 0.29) is 115 Å². The molecule has 1 aliphatic heterocycles. The third-order valence-electron chi connectivity index (χ3n) is 14.9. The number of carboxylic acid groups (broad SMARTS) is 6. The molecule has 1 aliphatic carbocycles. The molecule has 2 fully saturated rings. The zero-order valence-corrected chi connectivity index (χ0v) is 44.6. The smallest absolute Gasteiger partial charge is 0.326 e. The van der Waals surface area contributed by atoms with Gasteiger partial charge in [0.2, 0.25) is 17.7 Å². The molecule has 25 heteroatoms. The Morgan fingerprint density at radius 3 is 1.50 bits per heavy atom. The van der Waals surface area contributed by atoms with Crippen LogP contribution < -0.4 is 26.6 Å². The molecule has 1 saturated carbocycles. The van der Waals surface area contributed by atoms with Gasteiger partial charge in [0.05, 0.1) is 26.2 Å². The molecule has 25 nitrogen and oxygen atoms in total. The third-order valence-corrected chi connectivity index (χ3v) is 14.9. The lowest BCUT2D eigenvalue weighted by molar-refractivity contribution is -0.141. The summed E-state index contributed by atoms with van der Waals surface area (Å²) in [5, 5.41) is 76.2. The Kier molecular flexibility index (Phi) is 23.1. The van der Waals surface area contributed by atoms with Gasteiger partial charge in [-0.25, -0.2) is 14.4 Å². The summed E-state index contributed by atoms with van der Waals surface area (Å²) in [4.78, 5) is 131. The standard InChI is InChI=1S/C55H73N9O16/c65-44(30-61-20-22-62(31-46(68)69)24-26-64(33-48(72)73)27-25-63(23-21-61)32-47(70)71)57-29-34-7-9-38(10-8-34)51(74)58-43(28-39-14-13-37-12-11-35-4-3-5-36-15-16-40(39)50(37)49(35)36)52(75)56-19-2-1-6-41(53(76)77)59-55(80)60-42(54(78)79)17-18-45(66)67/h3-5,11-16,34,38,41-43H,1-2,6-10,17-33H2,(H,56,75)(H,57,65)(H,58,74)(H,66,67)(H,68,69)(H,70,71)(H,72,73)(H,76,77)(H,78,79)(H2,59,60,80)/t34?,38?,41-,42-,43-/m0/s1. The molecular weight excluding hydrogens is 1040 g/mol. The van der Waals surface area contributed by atoms with Crippen LogP contribution in [0.1, 0.15) is 63.4 Å². The minimum atomic E-state index is -1.56. The van der Waals surface area contributed by atoms with Crippen molar-refractivity contribution >= 4 is 91.9 Å². The number of nitrogens with one attached hydrogen (secondary N) is 5. The summed E-state index contributed by atoms with van der Waals surface area (Å²) < 4.78 is 0. The van der Waals surface area contributed by atoms with Crippen LogP contribution >= 0.6 is 0 Å². The largest absolute Gasteiger partial charge is 0.481 e. The van der Waals surface area contributed by atoms with E-state index < -0.39 is 84.6 Å². The molecule has 1 saturated heterocycles. The van der Waals surface area contributed by atoms with Gasteiger partial charge < -0.3 is 57.2 Å². The highest BCUT2D eigenvalue weighted by atomic mass is 16.4. The second kappa shape index (κ2) is 30.0. The zero-order chi connectivity index (χ0) is 57.9. The van der Waals surface area contributed by atoms with Crippen LogP contribution in [-0.4, -0.2) is 220 Å². The predicted molar refractivity (Wildman–Crippen MR) is 291 cm³/mol. The number of nitrogens with zero attached hydrogens (tertiary/aromatic N) is 4. The topological polar surface area (TPSA) is 365 Å². The minimum absolute atomic E-state index is 0.0333. The first kappa shape index (κ1) is 61.5. The van der Waals surface area contributed by atoms with Crippen LogP contribution in [-0.2, 0) is 49.6 Å². The van der Waals surface area contributed by atoms with Gasteiger partial charge in [-0.1, -0.05) is 54.6 Å². The molecule has 434 valence electrons. The second-order valence-corrected chi connectivity index (χ2v) is 20.8. The van der Waals surface area contributed by atoms with E-state index >= 15 is 0 Å². The SMILES string of the molecule is O=C(O)CC[C@H](NC(=O)N[C@@H](CCCCNC(=O)[C@H](Cc1ccc2ccc3cccc4ccc1c2c34)NC(=O)C1CCC(CNC(=O)CN2CCN(CC(=O)O)CCN(CC(=O)O)CCN(CC(=O)O)CC2)CC1)C(=O)O)C(=O)O. The van der Waals surface area contributed by atoms with Gasteiger partial charge in [-0.3, -0.25) is 53.2 Å². The highest BCUT2D eigenvalue weighted by molar-refractivity contribution is 6.23. The number of benzene rings is 4. The van der Waals surface area contributed by atoms with Crippen molar-refractivity contribution in [1.29, 1.82) is 0 Å². The maximum atomic E-state index is 14.2. The molecule has 0 spiro atoms. The number of carbonyl (C=O) groups excluding carboxylic acids is 4. The van der Waals surface area contributed by atoms with Crippen molar-refractivity contribution in [2.75, 3.05) is 91.6 Å². The number of amides is 5. The Morgan fingerprint density at radius 2 is 0.988 bits per heavy atom. The first-order chi connectivity index (χ1) is 38.2. The van der Waals surface area contributed by atoms with Crippen molar-refractivity contribution in [3.63, 3.8) is 0 Å². The summed E-state index contributed by atoms with van der Waals surface area (Å²) in [5.74, 6) is -8.71. The number of hydrogen-bond acceptors (Lipinski definition) is 14. The predicted octanol–water partition coefficient (Wildman–Crippen LogP) is 1.37. The van der Waals surface area contributed by atoms with Crippen LogP contribution in [0.4, 0.5) is 4.79 Å². The molecule has 11 N–H and O–H groups in total. The summed E-state index contributed by atoms with van der Waals surface area (Å²) in [7, 11) is 0. The Morgan fingerprint density at radius 1 is 0.500 bits per heavy atom. The quantitative estimate of drug-likeness (QED) is 0.0297. The van der Waals surface area contributed by atoms with Crippen molar-refractivity contribution in [3.05, 3.63) is 60.2 Å². The molecule has 4 aromatic carbocycles.